The molecule has 0 saturated carbocycles. The Morgan fingerprint density at radius 2 is 2.11 bits per heavy atom. The first-order valence-corrected chi connectivity index (χ1v) is 8.53. The van der Waals surface area contributed by atoms with E-state index in [0.717, 1.165) is 25.6 Å². The summed E-state index contributed by atoms with van der Waals surface area (Å²) in [5.41, 5.74) is 0. The Labute approximate surface area is 110 Å². The second kappa shape index (κ2) is 6.52. The maximum absolute atomic E-state index is 12.0. The molecule has 0 aromatic rings. The number of nitrogens with zero attached hydrogens (tertiary/aromatic N) is 1. The Morgan fingerprint density at radius 1 is 1.44 bits per heavy atom. The Bertz CT molecular complexity index is 373. The lowest BCUT2D eigenvalue weighted by molar-refractivity contribution is -0.129. The van der Waals surface area contributed by atoms with Crippen LogP contribution in [-0.4, -0.2) is 56.9 Å². The van der Waals surface area contributed by atoms with Gasteiger partial charge >= 0.3 is 0 Å². The number of amides is 1. The predicted molar refractivity (Wildman–Crippen MR) is 72.2 cm³/mol. The van der Waals surface area contributed by atoms with E-state index in [1.165, 1.54) is 0 Å². The monoisotopic (exact) mass is 276 g/mol. The molecule has 5 nitrogen and oxygen atoms in total. The zero-order valence-corrected chi connectivity index (χ0v) is 12.3. The van der Waals surface area contributed by atoms with Crippen molar-refractivity contribution in [3.63, 3.8) is 0 Å². The van der Waals surface area contributed by atoms with Crippen LogP contribution < -0.4 is 5.32 Å². The maximum atomic E-state index is 12.0. The van der Waals surface area contributed by atoms with Crippen LogP contribution in [0.4, 0.5) is 0 Å². The van der Waals surface area contributed by atoms with E-state index in [4.69, 9.17) is 0 Å². The van der Waals surface area contributed by atoms with Crippen LogP contribution in [0.1, 0.15) is 26.7 Å². The zero-order valence-electron chi connectivity index (χ0n) is 11.5. The molecule has 1 saturated heterocycles. The van der Waals surface area contributed by atoms with E-state index in [0.29, 0.717) is 25.0 Å². The van der Waals surface area contributed by atoms with E-state index >= 15 is 0 Å². The topological polar surface area (TPSA) is 66.5 Å². The number of carbonyl (C=O) groups excluding carboxylic acids is 1. The Kier molecular flexibility index (Phi) is 5.59. The highest BCUT2D eigenvalue weighted by Crippen LogP contribution is 2.09. The summed E-state index contributed by atoms with van der Waals surface area (Å²) in [5, 5.41) is 3.33. The van der Waals surface area contributed by atoms with Gasteiger partial charge in [-0.05, 0) is 25.3 Å². The summed E-state index contributed by atoms with van der Waals surface area (Å²) in [6.45, 7) is 6.28. The number of rotatable bonds is 6. The molecular weight excluding hydrogens is 252 g/mol. The maximum Gasteiger partial charge on any atom is 0.237 e. The van der Waals surface area contributed by atoms with E-state index < -0.39 is 9.84 Å². The summed E-state index contributed by atoms with van der Waals surface area (Å²) in [4.78, 5) is 13.7. The van der Waals surface area contributed by atoms with E-state index in [-0.39, 0.29) is 11.7 Å². The minimum Gasteiger partial charge on any atom is -0.340 e. The van der Waals surface area contributed by atoms with E-state index in [9.17, 15) is 13.2 Å². The van der Waals surface area contributed by atoms with Gasteiger partial charge in [0.15, 0.2) is 9.84 Å². The first-order valence-electron chi connectivity index (χ1n) is 6.47. The molecule has 1 rings (SSSR count). The van der Waals surface area contributed by atoms with Crippen LogP contribution in [0.3, 0.4) is 0 Å². The lowest BCUT2D eigenvalue weighted by Crippen LogP contribution is -2.44. The normalized spacial score (nSPS) is 20.3. The molecule has 1 amide bonds. The quantitative estimate of drug-likeness (QED) is 0.756. The molecule has 1 aliphatic heterocycles. The number of hydrogen-bond acceptors (Lipinski definition) is 4. The standard InChI is InChI=1S/C12H24N2O3S/c1-10(2)7-14(8-11-5-4-6-13-11)12(15)9-18(3,16)17/h10-11,13H,4-9H2,1-3H3. The van der Waals surface area contributed by atoms with Gasteiger partial charge in [0.2, 0.25) is 5.91 Å². The third-order valence-corrected chi connectivity index (χ3v) is 3.70. The van der Waals surface area contributed by atoms with Crippen molar-refractivity contribution in [2.45, 2.75) is 32.7 Å². The molecule has 1 fully saturated rings. The minimum absolute atomic E-state index is 0.278. The van der Waals surface area contributed by atoms with Crippen molar-refractivity contribution >= 4 is 15.7 Å². The Balaban J connectivity index is 2.61. The summed E-state index contributed by atoms with van der Waals surface area (Å²) >= 11 is 0. The first kappa shape index (κ1) is 15.4. The van der Waals surface area contributed by atoms with Crippen molar-refractivity contribution < 1.29 is 13.2 Å². The SMILES string of the molecule is CC(C)CN(CC1CCCN1)C(=O)CS(C)(=O)=O. The molecule has 0 spiro atoms. The van der Waals surface area contributed by atoms with Gasteiger partial charge in [-0.1, -0.05) is 13.8 Å². The van der Waals surface area contributed by atoms with Gasteiger partial charge in [-0.3, -0.25) is 4.79 Å². The van der Waals surface area contributed by atoms with Gasteiger partial charge in [0.25, 0.3) is 0 Å². The number of carbonyl (C=O) groups is 1. The van der Waals surface area contributed by atoms with Crippen LogP contribution in [-0.2, 0) is 14.6 Å². The van der Waals surface area contributed by atoms with Crippen LogP contribution in [0.25, 0.3) is 0 Å². The van der Waals surface area contributed by atoms with Crippen LogP contribution in [0.2, 0.25) is 0 Å². The zero-order chi connectivity index (χ0) is 13.8. The van der Waals surface area contributed by atoms with Crippen molar-refractivity contribution in [1.29, 1.82) is 0 Å². The van der Waals surface area contributed by atoms with Crippen molar-refractivity contribution in [2.75, 3.05) is 31.6 Å². The van der Waals surface area contributed by atoms with Crippen molar-refractivity contribution in [2.24, 2.45) is 5.92 Å². The minimum atomic E-state index is -3.25. The van der Waals surface area contributed by atoms with Gasteiger partial charge < -0.3 is 10.2 Å². The van der Waals surface area contributed by atoms with E-state index in [1.807, 2.05) is 13.8 Å². The molecule has 6 heteroatoms. The number of nitrogens with one attached hydrogen (secondary N) is 1. The molecule has 106 valence electrons. The number of hydrogen-bond donors (Lipinski definition) is 1. The van der Waals surface area contributed by atoms with Gasteiger partial charge in [-0.15, -0.1) is 0 Å². The second-order valence-corrected chi connectivity index (χ2v) is 7.70. The van der Waals surface area contributed by atoms with Crippen LogP contribution in [0.15, 0.2) is 0 Å². The molecule has 0 aliphatic carbocycles. The average molecular weight is 276 g/mol. The highest BCUT2D eigenvalue weighted by atomic mass is 32.2. The fourth-order valence-electron chi connectivity index (χ4n) is 2.21. The second-order valence-electron chi connectivity index (χ2n) is 5.56. The summed E-state index contributed by atoms with van der Waals surface area (Å²) in [5.74, 6) is -0.318. The molecule has 0 aromatic heterocycles. The van der Waals surface area contributed by atoms with Crippen LogP contribution in [0.5, 0.6) is 0 Å². The smallest absolute Gasteiger partial charge is 0.237 e. The van der Waals surface area contributed by atoms with Crippen molar-refractivity contribution in [1.82, 2.24) is 10.2 Å². The van der Waals surface area contributed by atoms with Crippen molar-refractivity contribution in [3.8, 4) is 0 Å². The molecule has 1 aliphatic rings. The molecule has 1 N–H and O–H groups in total. The van der Waals surface area contributed by atoms with Gasteiger partial charge in [0.05, 0.1) is 0 Å². The molecule has 0 radical (unpaired) electrons. The van der Waals surface area contributed by atoms with Crippen LogP contribution >= 0.6 is 0 Å². The van der Waals surface area contributed by atoms with E-state index in [2.05, 4.69) is 5.32 Å². The molecule has 1 atom stereocenters. The van der Waals surface area contributed by atoms with Gasteiger partial charge in [-0.2, -0.15) is 0 Å². The summed E-state index contributed by atoms with van der Waals surface area (Å²) in [7, 11) is -3.25. The number of sulfone groups is 1. The summed E-state index contributed by atoms with van der Waals surface area (Å²) < 4.78 is 22.4. The van der Waals surface area contributed by atoms with Crippen molar-refractivity contribution in [3.05, 3.63) is 0 Å². The molecular formula is C12H24N2O3S. The lowest BCUT2D eigenvalue weighted by atomic mass is 10.1. The lowest BCUT2D eigenvalue weighted by Gasteiger charge is -2.27. The third kappa shape index (κ3) is 5.82. The first-order chi connectivity index (χ1) is 8.28. The Morgan fingerprint density at radius 3 is 2.56 bits per heavy atom. The largest absolute Gasteiger partial charge is 0.340 e. The Hall–Kier alpha value is -0.620. The average Bonchev–Trinajstić information content (AvgIpc) is 2.65. The van der Waals surface area contributed by atoms with Gasteiger partial charge in [0, 0.05) is 25.4 Å². The highest BCUT2D eigenvalue weighted by molar-refractivity contribution is 7.91. The van der Waals surface area contributed by atoms with Gasteiger partial charge in [-0.25, -0.2) is 8.42 Å². The molecule has 1 unspecified atom stereocenters. The molecule has 1 heterocycles. The fraction of sp³-hybridized carbons (Fsp3) is 0.917. The molecule has 0 aromatic carbocycles. The third-order valence-electron chi connectivity index (χ3n) is 2.93. The predicted octanol–water partition coefficient (Wildman–Crippen LogP) is 0.268. The molecule has 18 heavy (non-hydrogen) atoms. The summed E-state index contributed by atoms with van der Waals surface area (Å²) in [6, 6.07) is 0.312. The highest BCUT2D eigenvalue weighted by Gasteiger charge is 2.24. The summed E-state index contributed by atoms with van der Waals surface area (Å²) in [6.07, 6.45) is 3.29. The van der Waals surface area contributed by atoms with E-state index in [1.54, 1.807) is 4.90 Å². The van der Waals surface area contributed by atoms with Crippen LogP contribution in [0, 0.1) is 5.92 Å². The van der Waals surface area contributed by atoms with Gasteiger partial charge in [0.1, 0.15) is 5.75 Å². The molecule has 0 bridgehead atoms. The fourth-order valence-corrected chi connectivity index (χ4v) is 2.84.